The van der Waals surface area contributed by atoms with E-state index < -0.39 is 5.83 Å². The Balaban J connectivity index is 2.09. The molecule has 0 amide bonds. The zero-order valence-corrected chi connectivity index (χ0v) is 15.2. The lowest BCUT2D eigenvalue weighted by molar-refractivity contribution is 0.628. The van der Waals surface area contributed by atoms with Crippen molar-refractivity contribution in [3.8, 4) is 0 Å². The molecule has 0 saturated heterocycles. The number of nitrogens with one attached hydrogen (secondary N) is 2. The van der Waals surface area contributed by atoms with Gasteiger partial charge >= 0.3 is 0 Å². The van der Waals surface area contributed by atoms with Gasteiger partial charge in [0.2, 0.25) is 0 Å². The predicted octanol–water partition coefficient (Wildman–Crippen LogP) is -0.0600. The summed E-state index contributed by atoms with van der Waals surface area (Å²) in [6.07, 6.45) is 3.59. The van der Waals surface area contributed by atoms with Gasteiger partial charge in [0.1, 0.15) is 10.5 Å². The lowest BCUT2D eigenvalue weighted by atomic mass is 10.3. The van der Waals surface area contributed by atoms with E-state index in [9.17, 15) is 9.18 Å². The van der Waals surface area contributed by atoms with Gasteiger partial charge in [-0.25, -0.2) is 14.1 Å². The Bertz CT molecular complexity index is 1150. The maximum absolute atomic E-state index is 13.4. The van der Waals surface area contributed by atoms with Gasteiger partial charge in [0.05, 0.1) is 29.4 Å². The highest BCUT2D eigenvalue weighted by Crippen LogP contribution is 2.31. The topological polar surface area (TPSA) is 167 Å². The molecule has 0 fully saturated rings. The summed E-state index contributed by atoms with van der Waals surface area (Å²) < 4.78 is 17.0. The van der Waals surface area contributed by atoms with Gasteiger partial charge in [-0.15, -0.1) is 11.3 Å². The van der Waals surface area contributed by atoms with E-state index in [0.29, 0.717) is 33.5 Å². The van der Waals surface area contributed by atoms with Gasteiger partial charge in [0.15, 0.2) is 11.5 Å². The van der Waals surface area contributed by atoms with Crippen LogP contribution in [0.5, 0.6) is 0 Å². The Kier molecular flexibility index (Phi) is 4.92. The lowest BCUT2D eigenvalue weighted by Gasteiger charge is -2.06. The number of thiazole rings is 1. The van der Waals surface area contributed by atoms with Crippen LogP contribution in [0.1, 0.15) is 5.01 Å². The first-order chi connectivity index (χ1) is 12.9. The van der Waals surface area contributed by atoms with Crippen molar-refractivity contribution in [2.24, 2.45) is 24.4 Å². The highest BCUT2D eigenvalue weighted by Gasteiger charge is 2.18. The SMILES string of the molecule is Cn1c2nc(CC(N)=C(F)C=N)sc2c2cnn(C/C(N)=C/NN)c(=O)c21. The molecule has 0 spiro atoms. The van der Waals surface area contributed by atoms with Crippen molar-refractivity contribution in [1.29, 1.82) is 5.41 Å². The molecule has 3 aromatic heterocycles. The maximum Gasteiger partial charge on any atom is 0.291 e. The van der Waals surface area contributed by atoms with Crippen LogP contribution in [0.3, 0.4) is 0 Å². The molecule has 142 valence electrons. The van der Waals surface area contributed by atoms with Gasteiger partial charge in [0.25, 0.3) is 5.56 Å². The molecule has 0 bridgehead atoms. The molecule has 3 rings (SSSR count). The van der Waals surface area contributed by atoms with Crippen LogP contribution in [0.15, 0.2) is 34.4 Å². The van der Waals surface area contributed by atoms with Crippen molar-refractivity contribution in [2.75, 3.05) is 0 Å². The second-order valence-corrected chi connectivity index (χ2v) is 6.85. The van der Waals surface area contributed by atoms with Gasteiger partial charge in [-0.1, -0.05) is 0 Å². The molecule has 0 atom stereocenters. The number of hydrazine groups is 1. The third kappa shape index (κ3) is 3.27. The number of halogens is 1. The minimum Gasteiger partial charge on any atom is -0.399 e. The van der Waals surface area contributed by atoms with Crippen molar-refractivity contribution >= 4 is 38.8 Å². The van der Waals surface area contributed by atoms with Crippen LogP contribution in [0.25, 0.3) is 21.3 Å². The van der Waals surface area contributed by atoms with Crippen molar-refractivity contribution < 1.29 is 4.39 Å². The molecule has 10 nitrogen and oxygen atoms in total. The quantitative estimate of drug-likeness (QED) is 0.223. The molecule has 0 aliphatic rings. The summed E-state index contributed by atoms with van der Waals surface area (Å²) in [7, 11) is 1.72. The normalized spacial score (nSPS) is 13.2. The third-order valence-corrected chi connectivity index (χ3v) is 5.02. The second-order valence-electron chi connectivity index (χ2n) is 5.77. The highest BCUT2D eigenvalue weighted by atomic mass is 32.1. The fourth-order valence-electron chi connectivity index (χ4n) is 2.69. The number of fused-ring (bicyclic) bond motifs is 3. The van der Waals surface area contributed by atoms with Crippen molar-refractivity contribution in [2.45, 2.75) is 13.0 Å². The first-order valence-electron chi connectivity index (χ1n) is 7.76. The van der Waals surface area contributed by atoms with Crippen molar-refractivity contribution in [1.82, 2.24) is 24.8 Å². The van der Waals surface area contributed by atoms with E-state index in [-0.39, 0.29) is 24.2 Å². The van der Waals surface area contributed by atoms with Crippen LogP contribution in [-0.2, 0) is 20.0 Å². The standard InChI is InChI=1S/C15H18FN9OS/c1-24-12-8(5-22-25(15(12)26)6-7(18)4-21-20)13-14(24)23-11(27-13)2-10(19)9(16)3-17/h3-5,17,21H,2,6,18-20H2,1H3/b7-4-,10-9?,17-3?. The lowest BCUT2D eigenvalue weighted by Crippen LogP contribution is -2.27. The molecule has 0 radical (unpaired) electrons. The molecule has 3 heterocycles. The van der Waals surface area contributed by atoms with Crippen molar-refractivity contribution in [3.63, 3.8) is 0 Å². The number of aromatic nitrogens is 4. The van der Waals surface area contributed by atoms with Crippen LogP contribution in [0.2, 0.25) is 0 Å². The Hall–Kier alpha value is -3.25. The Morgan fingerprint density at radius 1 is 1.48 bits per heavy atom. The minimum absolute atomic E-state index is 0.0652. The summed E-state index contributed by atoms with van der Waals surface area (Å²) in [5.41, 5.74) is 14.7. The summed E-state index contributed by atoms with van der Waals surface area (Å²) in [6.45, 7) is 0.0840. The van der Waals surface area contributed by atoms with E-state index in [1.165, 1.54) is 22.2 Å². The van der Waals surface area contributed by atoms with E-state index in [4.69, 9.17) is 22.7 Å². The molecule has 0 aliphatic carbocycles. The van der Waals surface area contributed by atoms with Crippen molar-refractivity contribution in [3.05, 3.63) is 45.0 Å². The first kappa shape index (κ1) is 18.5. The molecule has 12 heteroatoms. The third-order valence-electron chi connectivity index (χ3n) is 3.95. The minimum atomic E-state index is -0.790. The van der Waals surface area contributed by atoms with Gasteiger partial charge in [-0.05, 0) is 0 Å². The molecular weight excluding hydrogens is 373 g/mol. The first-order valence-corrected chi connectivity index (χ1v) is 8.58. The fraction of sp³-hybridized carbons (Fsp3) is 0.200. The molecule has 0 saturated carbocycles. The van der Waals surface area contributed by atoms with Gasteiger partial charge in [-0.3, -0.25) is 10.6 Å². The largest absolute Gasteiger partial charge is 0.399 e. The van der Waals surface area contributed by atoms with E-state index >= 15 is 0 Å². The van der Waals surface area contributed by atoms with Crippen LogP contribution in [0, 0.1) is 5.41 Å². The number of nitrogens with two attached hydrogens (primary N) is 3. The number of hydrogen-bond acceptors (Lipinski definition) is 9. The average molecular weight is 391 g/mol. The van der Waals surface area contributed by atoms with Crippen LogP contribution < -0.4 is 28.3 Å². The van der Waals surface area contributed by atoms with E-state index in [2.05, 4.69) is 15.5 Å². The fourth-order valence-corrected chi connectivity index (χ4v) is 3.82. The molecule has 0 aromatic carbocycles. The Labute approximate surface area is 156 Å². The summed E-state index contributed by atoms with van der Waals surface area (Å²) in [6, 6.07) is 0. The summed E-state index contributed by atoms with van der Waals surface area (Å²) in [4.78, 5) is 17.2. The van der Waals surface area contributed by atoms with E-state index in [1.54, 1.807) is 17.8 Å². The second kappa shape index (κ2) is 7.17. The van der Waals surface area contributed by atoms with Crippen LogP contribution in [0.4, 0.5) is 4.39 Å². The monoisotopic (exact) mass is 391 g/mol. The molecular formula is C15H18FN9OS. The molecule has 27 heavy (non-hydrogen) atoms. The molecule has 0 unspecified atom stereocenters. The highest BCUT2D eigenvalue weighted by molar-refractivity contribution is 7.19. The number of aryl methyl sites for hydroxylation is 1. The number of rotatable bonds is 6. The van der Waals surface area contributed by atoms with Gasteiger partial charge in [0, 0.05) is 30.8 Å². The zero-order chi connectivity index (χ0) is 19.7. The Morgan fingerprint density at radius 2 is 2.22 bits per heavy atom. The smallest absolute Gasteiger partial charge is 0.291 e. The number of allylic oxidation sites excluding steroid dienone is 3. The van der Waals surface area contributed by atoms with Crippen LogP contribution >= 0.6 is 11.3 Å². The Morgan fingerprint density at radius 3 is 2.89 bits per heavy atom. The number of nitrogens with zero attached hydrogens (tertiary/aromatic N) is 4. The van der Waals surface area contributed by atoms with E-state index in [1.807, 2.05) is 0 Å². The van der Waals surface area contributed by atoms with Gasteiger partial charge < -0.3 is 26.9 Å². The summed E-state index contributed by atoms with van der Waals surface area (Å²) >= 11 is 1.30. The summed E-state index contributed by atoms with van der Waals surface area (Å²) in [5, 5.41) is 12.3. The van der Waals surface area contributed by atoms with Crippen LogP contribution in [-0.4, -0.2) is 25.5 Å². The van der Waals surface area contributed by atoms with Gasteiger partial charge in [-0.2, -0.15) is 5.10 Å². The molecule has 8 N–H and O–H groups in total. The number of hydrogen-bond donors (Lipinski definition) is 5. The molecule has 0 aliphatic heterocycles. The molecule has 3 aromatic rings. The van der Waals surface area contributed by atoms with E-state index in [0.717, 1.165) is 4.70 Å². The predicted molar refractivity (Wildman–Crippen MR) is 103 cm³/mol. The zero-order valence-electron chi connectivity index (χ0n) is 14.4. The summed E-state index contributed by atoms with van der Waals surface area (Å²) in [5.74, 6) is 4.39. The average Bonchev–Trinajstić information content (AvgIpc) is 3.15. The maximum atomic E-state index is 13.4.